The number of aromatic nitrogens is 3. The monoisotopic (exact) mass is 349 g/mol. The van der Waals surface area contributed by atoms with E-state index in [2.05, 4.69) is 19.9 Å². The normalized spacial score (nSPS) is 11.5. The molecule has 3 aromatic rings. The van der Waals surface area contributed by atoms with E-state index >= 15 is 0 Å². The van der Waals surface area contributed by atoms with Crippen LogP contribution in [0.5, 0.6) is 5.75 Å². The fourth-order valence-corrected chi connectivity index (χ4v) is 2.20. The largest absolute Gasteiger partial charge is 0.484 e. The molecule has 0 aliphatic carbocycles. The Kier molecular flexibility index (Phi) is 4.69. The Bertz CT molecular complexity index is 845. The van der Waals surface area contributed by atoms with E-state index in [9.17, 15) is 13.2 Å². The van der Waals surface area contributed by atoms with Gasteiger partial charge in [0, 0.05) is 18.0 Å². The lowest BCUT2D eigenvalue weighted by Crippen LogP contribution is -2.19. The summed E-state index contributed by atoms with van der Waals surface area (Å²) in [6.07, 6.45) is -0.435. The molecule has 0 bridgehead atoms. The minimum absolute atomic E-state index is 0.121. The van der Waals surface area contributed by atoms with Crippen molar-refractivity contribution in [3.63, 3.8) is 0 Å². The number of benzene rings is 1. The Morgan fingerprint density at radius 1 is 1.12 bits per heavy atom. The van der Waals surface area contributed by atoms with Gasteiger partial charge in [-0.25, -0.2) is 0 Å². The Hall–Kier alpha value is -2.90. The standard InChI is InChI=1S/C17H14F3N3O2/c1-11-6-12(9-21-8-11)7-15-22-16(23-25-15)13-2-4-14(5-3-13)24-10-17(18,19)20/h2-6,8-9H,7,10H2,1H3. The molecule has 0 amide bonds. The summed E-state index contributed by atoms with van der Waals surface area (Å²) in [6, 6.07) is 8.00. The van der Waals surface area contributed by atoms with Crippen molar-refractivity contribution in [2.75, 3.05) is 6.61 Å². The molecule has 5 nitrogen and oxygen atoms in total. The SMILES string of the molecule is Cc1cncc(Cc2nc(-c3ccc(OCC(F)(F)F)cc3)no2)c1. The predicted octanol–water partition coefficient (Wildman–Crippen LogP) is 3.97. The Morgan fingerprint density at radius 2 is 1.88 bits per heavy atom. The third-order valence-electron chi connectivity index (χ3n) is 3.27. The molecule has 8 heteroatoms. The highest BCUT2D eigenvalue weighted by Crippen LogP contribution is 2.22. The molecule has 0 fully saturated rings. The zero-order chi connectivity index (χ0) is 17.9. The molecule has 0 N–H and O–H groups in total. The predicted molar refractivity (Wildman–Crippen MR) is 83.1 cm³/mol. The average molecular weight is 349 g/mol. The average Bonchev–Trinajstić information content (AvgIpc) is 3.01. The van der Waals surface area contributed by atoms with Crippen LogP contribution in [0.15, 0.2) is 47.2 Å². The maximum atomic E-state index is 12.1. The molecular weight excluding hydrogens is 335 g/mol. The number of ether oxygens (including phenoxy) is 1. The number of pyridine rings is 1. The maximum Gasteiger partial charge on any atom is 0.422 e. The van der Waals surface area contributed by atoms with Gasteiger partial charge in [-0.2, -0.15) is 18.2 Å². The van der Waals surface area contributed by atoms with Crippen molar-refractivity contribution in [2.45, 2.75) is 19.5 Å². The van der Waals surface area contributed by atoms with Crippen molar-refractivity contribution in [3.05, 3.63) is 59.7 Å². The van der Waals surface area contributed by atoms with Crippen LogP contribution in [0.2, 0.25) is 0 Å². The zero-order valence-electron chi connectivity index (χ0n) is 13.2. The van der Waals surface area contributed by atoms with Crippen LogP contribution in [0.4, 0.5) is 13.2 Å². The first kappa shape index (κ1) is 16.9. The van der Waals surface area contributed by atoms with Crippen LogP contribution < -0.4 is 4.74 Å². The Balaban J connectivity index is 1.67. The molecule has 0 aliphatic heterocycles. The van der Waals surface area contributed by atoms with Crippen LogP contribution in [0.1, 0.15) is 17.0 Å². The van der Waals surface area contributed by atoms with Gasteiger partial charge in [-0.05, 0) is 42.3 Å². The molecule has 0 spiro atoms. The second-order valence-electron chi connectivity index (χ2n) is 5.49. The first-order valence-electron chi connectivity index (χ1n) is 7.42. The van der Waals surface area contributed by atoms with E-state index in [1.165, 1.54) is 12.1 Å². The van der Waals surface area contributed by atoms with Crippen molar-refractivity contribution in [1.82, 2.24) is 15.1 Å². The molecule has 2 heterocycles. The summed E-state index contributed by atoms with van der Waals surface area (Å²) in [4.78, 5) is 8.40. The van der Waals surface area contributed by atoms with Crippen molar-refractivity contribution in [3.8, 4) is 17.1 Å². The molecule has 2 aromatic heterocycles. The summed E-state index contributed by atoms with van der Waals surface area (Å²) in [5, 5.41) is 3.89. The lowest BCUT2D eigenvalue weighted by atomic mass is 10.1. The second-order valence-corrected chi connectivity index (χ2v) is 5.49. The fraction of sp³-hybridized carbons (Fsp3) is 0.235. The topological polar surface area (TPSA) is 61.0 Å². The fourth-order valence-electron chi connectivity index (χ4n) is 2.20. The van der Waals surface area contributed by atoms with Crippen molar-refractivity contribution in [2.24, 2.45) is 0 Å². The van der Waals surface area contributed by atoms with Crippen LogP contribution in [-0.4, -0.2) is 27.9 Å². The van der Waals surface area contributed by atoms with Gasteiger partial charge in [0.05, 0.1) is 6.42 Å². The van der Waals surface area contributed by atoms with E-state index in [4.69, 9.17) is 4.52 Å². The molecule has 0 saturated heterocycles. The van der Waals surface area contributed by atoms with Crippen LogP contribution in [0.3, 0.4) is 0 Å². The maximum absolute atomic E-state index is 12.1. The van der Waals surface area contributed by atoms with E-state index in [0.29, 0.717) is 23.7 Å². The zero-order valence-corrected chi connectivity index (χ0v) is 13.2. The number of aryl methyl sites for hydroxylation is 1. The summed E-state index contributed by atoms with van der Waals surface area (Å²) in [5.74, 6) is 0.911. The van der Waals surface area contributed by atoms with Gasteiger partial charge in [-0.15, -0.1) is 0 Å². The number of hydrogen-bond donors (Lipinski definition) is 0. The molecule has 0 unspecified atom stereocenters. The lowest BCUT2D eigenvalue weighted by Gasteiger charge is -2.08. The van der Waals surface area contributed by atoms with Crippen LogP contribution in [-0.2, 0) is 6.42 Å². The highest BCUT2D eigenvalue weighted by Gasteiger charge is 2.28. The van der Waals surface area contributed by atoms with Crippen molar-refractivity contribution < 1.29 is 22.4 Å². The second kappa shape index (κ2) is 6.92. The van der Waals surface area contributed by atoms with E-state index < -0.39 is 12.8 Å². The summed E-state index contributed by atoms with van der Waals surface area (Å²) >= 11 is 0. The van der Waals surface area contributed by atoms with E-state index in [1.807, 2.05) is 13.0 Å². The molecular formula is C17H14F3N3O2. The van der Waals surface area contributed by atoms with Gasteiger partial charge < -0.3 is 9.26 Å². The first-order chi connectivity index (χ1) is 11.9. The molecule has 0 saturated carbocycles. The number of rotatable bonds is 5. The Labute approximate surface area is 141 Å². The molecule has 1 aromatic carbocycles. The summed E-state index contributed by atoms with van der Waals surface area (Å²) in [6.45, 7) is 0.612. The smallest absolute Gasteiger partial charge is 0.422 e. The number of halogens is 3. The molecule has 3 rings (SSSR count). The highest BCUT2D eigenvalue weighted by molar-refractivity contribution is 5.55. The van der Waals surface area contributed by atoms with Crippen LogP contribution >= 0.6 is 0 Å². The lowest BCUT2D eigenvalue weighted by molar-refractivity contribution is -0.153. The quantitative estimate of drug-likeness (QED) is 0.697. The summed E-state index contributed by atoms with van der Waals surface area (Å²) in [5.41, 5.74) is 2.61. The summed E-state index contributed by atoms with van der Waals surface area (Å²) in [7, 11) is 0. The third-order valence-corrected chi connectivity index (χ3v) is 3.27. The van der Waals surface area contributed by atoms with Gasteiger partial charge in [0.2, 0.25) is 11.7 Å². The van der Waals surface area contributed by atoms with Crippen LogP contribution in [0, 0.1) is 6.92 Å². The van der Waals surface area contributed by atoms with E-state index in [0.717, 1.165) is 11.1 Å². The molecule has 130 valence electrons. The Morgan fingerprint density at radius 3 is 2.56 bits per heavy atom. The van der Waals surface area contributed by atoms with Gasteiger partial charge in [0.25, 0.3) is 0 Å². The van der Waals surface area contributed by atoms with Gasteiger partial charge in [0.15, 0.2) is 6.61 Å². The van der Waals surface area contributed by atoms with E-state index in [-0.39, 0.29) is 5.75 Å². The molecule has 25 heavy (non-hydrogen) atoms. The highest BCUT2D eigenvalue weighted by atomic mass is 19.4. The minimum atomic E-state index is -4.37. The number of hydrogen-bond acceptors (Lipinski definition) is 5. The van der Waals surface area contributed by atoms with Gasteiger partial charge in [0.1, 0.15) is 5.75 Å². The van der Waals surface area contributed by atoms with Crippen LogP contribution in [0.25, 0.3) is 11.4 Å². The van der Waals surface area contributed by atoms with Gasteiger partial charge in [-0.1, -0.05) is 11.2 Å². The van der Waals surface area contributed by atoms with E-state index in [1.54, 1.807) is 24.5 Å². The number of nitrogens with zero attached hydrogens (tertiary/aromatic N) is 3. The van der Waals surface area contributed by atoms with Crippen molar-refractivity contribution >= 4 is 0 Å². The van der Waals surface area contributed by atoms with Crippen molar-refractivity contribution in [1.29, 1.82) is 0 Å². The number of alkyl halides is 3. The first-order valence-corrected chi connectivity index (χ1v) is 7.42. The molecule has 0 atom stereocenters. The van der Waals surface area contributed by atoms with Gasteiger partial charge in [-0.3, -0.25) is 4.98 Å². The molecule has 0 radical (unpaired) electrons. The minimum Gasteiger partial charge on any atom is -0.484 e. The molecule has 0 aliphatic rings. The third kappa shape index (κ3) is 4.79. The van der Waals surface area contributed by atoms with Gasteiger partial charge >= 0.3 is 6.18 Å². The summed E-state index contributed by atoms with van der Waals surface area (Å²) < 4.78 is 46.3.